The van der Waals surface area contributed by atoms with Crippen LogP contribution in [0.3, 0.4) is 0 Å². The topological polar surface area (TPSA) is 35.5 Å². The lowest BCUT2D eigenvalue weighted by molar-refractivity contribution is -0.170. The molecule has 1 saturated heterocycles. The lowest BCUT2D eigenvalue weighted by Gasteiger charge is -2.54. The first-order valence-corrected chi connectivity index (χ1v) is 8.14. The number of cyclic esters (lactones) is 1. The molecule has 4 saturated carbocycles. The number of hydrogen-bond acceptors (Lipinski definition) is 3. The van der Waals surface area contributed by atoms with Crippen molar-refractivity contribution in [2.45, 2.75) is 57.7 Å². The molecule has 0 aromatic carbocycles. The summed E-state index contributed by atoms with van der Waals surface area (Å²) >= 11 is 0. The van der Waals surface area contributed by atoms with E-state index in [0.29, 0.717) is 0 Å². The van der Waals surface area contributed by atoms with Crippen LogP contribution >= 0.6 is 0 Å². The van der Waals surface area contributed by atoms with Crippen LogP contribution in [0.1, 0.15) is 51.9 Å². The summed E-state index contributed by atoms with van der Waals surface area (Å²) in [7, 11) is 0. The quantitative estimate of drug-likeness (QED) is 0.583. The van der Waals surface area contributed by atoms with Crippen molar-refractivity contribution in [2.75, 3.05) is 0 Å². The highest BCUT2D eigenvalue weighted by Crippen LogP contribution is 2.58. The molecule has 0 N–H and O–H groups in total. The van der Waals surface area contributed by atoms with Crippen molar-refractivity contribution in [3.63, 3.8) is 0 Å². The second-order valence-electron chi connectivity index (χ2n) is 7.68. The minimum Gasteiger partial charge on any atom is -0.445 e. The summed E-state index contributed by atoms with van der Waals surface area (Å²) in [4.78, 5) is 11.4. The van der Waals surface area contributed by atoms with Gasteiger partial charge in [0.05, 0.1) is 0 Å². The van der Waals surface area contributed by atoms with E-state index in [1.807, 2.05) is 6.92 Å². The smallest absolute Gasteiger partial charge is 0.376 e. The Labute approximate surface area is 120 Å². The van der Waals surface area contributed by atoms with E-state index in [0.717, 1.165) is 42.4 Å². The van der Waals surface area contributed by atoms with Crippen LogP contribution in [-0.2, 0) is 14.3 Å². The summed E-state index contributed by atoms with van der Waals surface area (Å²) in [5, 5.41) is 0. The monoisotopic (exact) mass is 276 g/mol. The number of rotatable bonds is 3. The van der Waals surface area contributed by atoms with Crippen molar-refractivity contribution < 1.29 is 14.3 Å². The Hall–Kier alpha value is -0.990. The molecular formula is C17H24O3. The molecule has 5 rings (SSSR count). The van der Waals surface area contributed by atoms with Gasteiger partial charge in [-0.1, -0.05) is 0 Å². The molecule has 4 bridgehead atoms. The number of ether oxygens (including phenoxy) is 2. The van der Waals surface area contributed by atoms with Crippen LogP contribution in [0.15, 0.2) is 12.3 Å². The lowest BCUT2D eigenvalue weighted by atomic mass is 9.51. The second kappa shape index (κ2) is 4.25. The predicted molar refractivity (Wildman–Crippen MR) is 74.5 cm³/mol. The van der Waals surface area contributed by atoms with Gasteiger partial charge in [-0.2, -0.15) is 0 Å². The maximum Gasteiger partial charge on any atom is 0.376 e. The first kappa shape index (κ1) is 12.7. The van der Waals surface area contributed by atoms with Crippen molar-refractivity contribution in [1.82, 2.24) is 0 Å². The van der Waals surface area contributed by atoms with E-state index in [2.05, 4.69) is 6.58 Å². The summed E-state index contributed by atoms with van der Waals surface area (Å²) in [5.74, 6) is 3.73. The highest BCUT2D eigenvalue weighted by molar-refractivity contribution is 5.87. The molecule has 5 aliphatic rings. The van der Waals surface area contributed by atoms with Gasteiger partial charge in [0.25, 0.3) is 5.79 Å². The minimum atomic E-state index is -0.761. The van der Waals surface area contributed by atoms with Crippen LogP contribution in [0.4, 0.5) is 0 Å². The average Bonchev–Trinajstić information content (AvgIpc) is 2.61. The minimum absolute atomic E-state index is 0.164. The highest BCUT2D eigenvalue weighted by atomic mass is 16.8. The van der Waals surface area contributed by atoms with E-state index < -0.39 is 11.8 Å². The first-order valence-electron chi connectivity index (χ1n) is 8.14. The summed E-state index contributed by atoms with van der Waals surface area (Å²) in [5.41, 5.74) is 0. The van der Waals surface area contributed by atoms with E-state index in [9.17, 15) is 4.79 Å². The molecule has 0 radical (unpaired) electrons. The summed E-state index contributed by atoms with van der Waals surface area (Å²) in [6.45, 7) is 5.48. The normalized spacial score (nSPS) is 49.4. The number of carbonyl (C=O) groups excluding carboxylic acids is 1. The summed E-state index contributed by atoms with van der Waals surface area (Å²) in [6.07, 6.45) is 9.22. The van der Waals surface area contributed by atoms with Crippen molar-refractivity contribution in [1.29, 1.82) is 0 Å². The third kappa shape index (κ3) is 1.97. The molecule has 110 valence electrons. The van der Waals surface area contributed by atoms with Gasteiger partial charge in [0.2, 0.25) is 5.76 Å². The van der Waals surface area contributed by atoms with Crippen molar-refractivity contribution in [3.8, 4) is 0 Å². The number of esters is 1. The Morgan fingerprint density at radius 1 is 1.10 bits per heavy atom. The molecule has 1 atom stereocenters. The summed E-state index contributed by atoms with van der Waals surface area (Å²) in [6, 6.07) is 0. The van der Waals surface area contributed by atoms with Gasteiger partial charge in [-0.05, 0) is 74.7 Å². The first-order chi connectivity index (χ1) is 9.52. The largest absolute Gasteiger partial charge is 0.445 e. The molecule has 20 heavy (non-hydrogen) atoms. The fraction of sp³-hybridized carbons (Fsp3) is 0.824. The van der Waals surface area contributed by atoms with E-state index >= 15 is 0 Å². The molecule has 0 aromatic heterocycles. The Kier molecular flexibility index (Phi) is 2.71. The second-order valence-corrected chi connectivity index (χ2v) is 7.68. The molecule has 1 unspecified atom stereocenters. The molecule has 5 fully saturated rings. The Bertz CT molecular complexity index is 409. The van der Waals surface area contributed by atoms with Gasteiger partial charge in [0.1, 0.15) is 0 Å². The maximum absolute atomic E-state index is 11.4. The van der Waals surface area contributed by atoms with Crippen LogP contribution in [-0.4, -0.2) is 11.8 Å². The molecule has 3 nitrogen and oxygen atoms in total. The van der Waals surface area contributed by atoms with Crippen molar-refractivity contribution in [2.24, 2.45) is 29.6 Å². The molecule has 0 amide bonds. The number of carbonyl (C=O) groups is 1. The molecule has 0 spiro atoms. The van der Waals surface area contributed by atoms with Gasteiger partial charge in [0, 0.05) is 13.3 Å². The zero-order valence-electron chi connectivity index (χ0n) is 12.3. The molecule has 0 aromatic rings. The third-order valence-corrected chi connectivity index (χ3v) is 6.23. The lowest BCUT2D eigenvalue weighted by Crippen LogP contribution is -2.45. The SMILES string of the molecule is C=C1OC(C)(CCC2C3CC4CC(C3)CC2C4)OC1=O. The van der Waals surface area contributed by atoms with Gasteiger partial charge in [-0.25, -0.2) is 4.79 Å². The average molecular weight is 276 g/mol. The van der Waals surface area contributed by atoms with Gasteiger partial charge in [-0.15, -0.1) is 0 Å². The van der Waals surface area contributed by atoms with Gasteiger partial charge in [0.15, 0.2) is 0 Å². The van der Waals surface area contributed by atoms with E-state index in [1.165, 1.54) is 32.1 Å². The Morgan fingerprint density at radius 2 is 1.70 bits per heavy atom. The van der Waals surface area contributed by atoms with Crippen LogP contribution < -0.4 is 0 Å². The van der Waals surface area contributed by atoms with E-state index in [4.69, 9.17) is 9.47 Å². The van der Waals surface area contributed by atoms with Crippen LogP contribution in [0, 0.1) is 29.6 Å². The van der Waals surface area contributed by atoms with Crippen molar-refractivity contribution in [3.05, 3.63) is 12.3 Å². The van der Waals surface area contributed by atoms with Gasteiger partial charge in [-0.3, -0.25) is 0 Å². The van der Waals surface area contributed by atoms with Gasteiger partial charge >= 0.3 is 5.97 Å². The molecule has 1 aliphatic heterocycles. The van der Waals surface area contributed by atoms with Crippen LogP contribution in [0.25, 0.3) is 0 Å². The van der Waals surface area contributed by atoms with E-state index in [-0.39, 0.29) is 5.76 Å². The predicted octanol–water partition coefficient (Wildman–Crippen LogP) is 3.64. The Morgan fingerprint density at radius 3 is 2.20 bits per heavy atom. The van der Waals surface area contributed by atoms with Crippen molar-refractivity contribution >= 4 is 5.97 Å². The Balaban J connectivity index is 1.40. The number of hydrogen-bond donors (Lipinski definition) is 0. The van der Waals surface area contributed by atoms with Crippen LogP contribution in [0.5, 0.6) is 0 Å². The van der Waals surface area contributed by atoms with Crippen LogP contribution in [0.2, 0.25) is 0 Å². The standard InChI is InChI=1S/C17H24O3/c1-10-16(18)20-17(2,19-10)4-3-15-13-6-11-5-12(8-13)9-14(15)7-11/h11-15H,1,3-9H2,2H3. The molecule has 4 aliphatic carbocycles. The molecule has 3 heteroatoms. The molecule has 1 heterocycles. The highest BCUT2D eigenvalue weighted by Gasteiger charge is 2.49. The third-order valence-electron chi connectivity index (χ3n) is 6.23. The van der Waals surface area contributed by atoms with E-state index in [1.54, 1.807) is 0 Å². The fourth-order valence-corrected chi connectivity index (χ4v) is 5.62. The zero-order valence-corrected chi connectivity index (χ0v) is 12.3. The van der Waals surface area contributed by atoms with Gasteiger partial charge < -0.3 is 9.47 Å². The maximum atomic E-state index is 11.4. The molecular weight excluding hydrogens is 252 g/mol. The fourth-order valence-electron chi connectivity index (χ4n) is 5.62. The summed E-state index contributed by atoms with van der Waals surface area (Å²) < 4.78 is 10.9. The zero-order chi connectivity index (χ0) is 13.9.